The van der Waals surface area contributed by atoms with Crippen molar-refractivity contribution in [1.82, 2.24) is 10.2 Å². The molecule has 1 fully saturated rings. The lowest BCUT2D eigenvalue weighted by Crippen LogP contribution is -2.36. The van der Waals surface area contributed by atoms with E-state index in [2.05, 4.69) is 17.4 Å². The lowest BCUT2D eigenvalue weighted by Gasteiger charge is -2.32. The van der Waals surface area contributed by atoms with Crippen molar-refractivity contribution in [3.8, 4) is 11.5 Å². The van der Waals surface area contributed by atoms with Crippen LogP contribution < -0.4 is 14.8 Å². The zero-order valence-corrected chi connectivity index (χ0v) is 15.5. The smallest absolute Gasteiger partial charge is 0.275 e. The molecule has 1 amide bonds. The average molecular weight is 364 g/mol. The first-order chi connectivity index (χ1) is 13.3. The molecule has 1 N–H and O–H groups in total. The number of benzene rings is 1. The van der Waals surface area contributed by atoms with Gasteiger partial charge in [-0.2, -0.15) is 0 Å². The molecule has 6 rings (SSSR count). The number of allylic oxidation sites excluding steroid dienone is 2. The van der Waals surface area contributed by atoms with Crippen LogP contribution in [0.5, 0.6) is 11.5 Å². The van der Waals surface area contributed by atoms with Crippen LogP contribution in [0.15, 0.2) is 29.1 Å². The molecule has 3 heterocycles. The van der Waals surface area contributed by atoms with Crippen LogP contribution in [0.2, 0.25) is 0 Å². The first-order valence-electron chi connectivity index (χ1n) is 10.3. The van der Waals surface area contributed by atoms with E-state index in [9.17, 15) is 4.79 Å². The topological polar surface area (TPSA) is 50.8 Å². The van der Waals surface area contributed by atoms with Crippen LogP contribution >= 0.6 is 0 Å². The number of nitrogens with one attached hydrogen (secondary N) is 1. The maximum absolute atomic E-state index is 13.3. The highest BCUT2D eigenvalue weighted by Crippen LogP contribution is 2.50. The summed E-state index contributed by atoms with van der Waals surface area (Å²) in [5, 5.41) is 3.66. The molecule has 0 saturated heterocycles. The molecule has 0 bridgehead atoms. The Morgan fingerprint density at radius 1 is 0.963 bits per heavy atom. The third kappa shape index (κ3) is 2.27. The van der Waals surface area contributed by atoms with Gasteiger partial charge in [0.15, 0.2) is 11.5 Å². The molecule has 0 radical (unpaired) electrons. The first-order valence-corrected chi connectivity index (χ1v) is 10.3. The molecule has 0 atom stereocenters. The van der Waals surface area contributed by atoms with Crippen LogP contribution in [0.3, 0.4) is 0 Å². The van der Waals surface area contributed by atoms with Gasteiger partial charge in [0.25, 0.3) is 5.91 Å². The summed E-state index contributed by atoms with van der Waals surface area (Å²) in [5.74, 6) is 1.79. The van der Waals surface area contributed by atoms with Gasteiger partial charge in [-0.25, -0.2) is 0 Å². The van der Waals surface area contributed by atoms with Crippen molar-refractivity contribution >= 4 is 11.5 Å². The van der Waals surface area contributed by atoms with Gasteiger partial charge < -0.3 is 19.7 Å². The predicted octanol–water partition coefficient (Wildman–Crippen LogP) is 3.84. The third-order valence-corrected chi connectivity index (χ3v) is 6.66. The third-order valence-electron chi connectivity index (χ3n) is 6.66. The molecule has 0 spiro atoms. The zero-order chi connectivity index (χ0) is 18.0. The number of amides is 1. The van der Waals surface area contributed by atoms with Crippen LogP contribution in [0.25, 0.3) is 5.57 Å². The summed E-state index contributed by atoms with van der Waals surface area (Å²) in [7, 11) is 0. The van der Waals surface area contributed by atoms with Gasteiger partial charge in [0.1, 0.15) is 5.70 Å². The minimum absolute atomic E-state index is 0.160. The fraction of sp³-hybridized carbons (Fsp3) is 0.500. The number of ether oxygens (including phenoxy) is 2. The molecule has 3 aliphatic heterocycles. The van der Waals surface area contributed by atoms with E-state index in [1.165, 1.54) is 60.1 Å². The van der Waals surface area contributed by atoms with E-state index in [-0.39, 0.29) is 12.7 Å². The van der Waals surface area contributed by atoms with Crippen molar-refractivity contribution in [1.29, 1.82) is 0 Å². The van der Waals surface area contributed by atoms with Gasteiger partial charge in [-0.1, -0.05) is 19.3 Å². The molecule has 5 aliphatic rings. The van der Waals surface area contributed by atoms with Crippen molar-refractivity contribution in [2.24, 2.45) is 0 Å². The van der Waals surface area contributed by atoms with E-state index < -0.39 is 0 Å². The maximum atomic E-state index is 13.3. The summed E-state index contributed by atoms with van der Waals surface area (Å²) in [5.41, 5.74) is 7.03. The van der Waals surface area contributed by atoms with E-state index in [4.69, 9.17) is 9.47 Å². The molecule has 0 unspecified atom stereocenters. The van der Waals surface area contributed by atoms with Crippen molar-refractivity contribution < 1.29 is 14.3 Å². The molecule has 27 heavy (non-hydrogen) atoms. The second-order valence-corrected chi connectivity index (χ2v) is 8.27. The zero-order valence-electron chi connectivity index (χ0n) is 15.5. The van der Waals surface area contributed by atoms with Crippen LogP contribution in [0.4, 0.5) is 0 Å². The molecule has 0 aromatic heterocycles. The summed E-state index contributed by atoms with van der Waals surface area (Å²) in [6.07, 6.45) is 9.33. The number of hydrogen-bond donors (Lipinski definition) is 1. The summed E-state index contributed by atoms with van der Waals surface area (Å²) in [6, 6.07) is 4.64. The molecule has 1 aromatic rings. The minimum atomic E-state index is 0.160. The van der Waals surface area contributed by atoms with E-state index in [1.807, 2.05) is 4.90 Å². The van der Waals surface area contributed by atoms with Gasteiger partial charge >= 0.3 is 0 Å². The number of carbonyl (C=O) groups excluding carboxylic acids is 1. The van der Waals surface area contributed by atoms with Gasteiger partial charge in [-0.3, -0.25) is 4.79 Å². The van der Waals surface area contributed by atoms with Gasteiger partial charge in [0.2, 0.25) is 6.79 Å². The number of nitrogens with zero attached hydrogens (tertiary/aromatic N) is 1. The monoisotopic (exact) mass is 364 g/mol. The Morgan fingerprint density at radius 2 is 1.74 bits per heavy atom. The Labute approximate surface area is 159 Å². The van der Waals surface area contributed by atoms with Crippen molar-refractivity contribution in [3.05, 3.63) is 40.2 Å². The van der Waals surface area contributed by atoms with E-state index in [0.29, 0.717) is 12.6 Å². The van der Waals surface area contributed by atoms with Gasteiger partial charge in [0.05, 0.1) is 12.2 Å². The molecular formula is C22H24N2O3. The molecule has 1 aromatic carbocycles. The summed E-state index contributed by atoms with van der Waals surface area (Å²) < 4.78 is 11.2. The number of hydrogen-bond acceptors (Lipinski definition) is 4. The van der Waals surface area contributed by atoms with Crippen molar-refractivity contribution in [2.45, 2.75) is 64.0 Å². The standard InChI is InChI=1S/C22H24N2O3/c25-22-20(23-14-5-2-1-3-6-14)16-8-4-7-15-17-10-19-18(26-12-27-19)9-13(17)11-24(22)21(15)16/h9-10,14,23H,1-8,11-12H2. The second-order valence-electron chi connectivity index (χ2n) is 8.27. The fourth-order valence-corrected chi connectivity index (χ4v) is 5.37. The van der Waals surface area contributed by atoms with Crippen LogP contribution in [-0.4, -0.2) is 23.6 Å². The Morgan fingerprint density at radius 3 is 2.59 bits per heavy atom. The minimum Gasteiger partial charge on any atom is -0.454 e. The molecule has 5 heteroatoms. The molecular weight excluding hydrogens is 340 g/mol. The highest BCUT2D eigenvalue weighted by atomic mass is 16.7. The van der Waals surface area contributed by atoms with E-state index >= 15 is 0 Å². The second kappa shape index (κ2) is 5.78. The molecule has 1 saturated carbocycles. The van der Waals surface area contributed by atoms with Crippen molar-refractivity contribution in [2.75, 3.05) is 6.79 Å². The van der Waals surface area contributed by atoms with E-state index in [0.717, 1.165) is 36.5 Å². The highest BCUT2D eigenvalue weighted by Gasteiger charge is 2.42. The summed E-state index contributed by atoms with van der Waals surface area (Å²) in [4.78, 5) is 15.3. The molecule has 5 nitrogen and oxygen atoms in total. The molecule has 140 valence electrons. The Bertz CT molecular complexity index is 908. The number of carbonyl (C=O) groups is 1. The summed E-state index contributed by atoms with van der Waals surface area (Å²) >= 11 is 0. The van der Waals surface area contributed by atoms with Crippen LogP contribution in [-0.2, 0) is 11.3 Å². The molecule has 2 aliphatic carbocycles. The number of rotatable bonds is 2. The van der Waals surface area contributed by atoms with Gasteiger partial charge in [-0.15, -0.1) is 0 Å². The van der Waals surface area contributed by atoms with Gasteiger partial charge in [0, 0.05) is 11.6 Å². The first kappa shape index (κ1) is 15.6. The number of fused-ring (bicyclic) bond motifs is 3. The Balaban J connectivity index is 1.44. The van der Waals surface area contributed by atoms with Crippen LogP contribution in [0, 0.1) is 0 Å². The Hall–Kier alpha value is -2.43. The maximum Gasteiger partial charge on any atom is 0.275 e. The summed E-state index contributed by atoms with van der Waals surface area (Å²) in [6.45, 7) is 0.913. The quantitative estimate of drug-likeness (QED) is 0.866. The lowest BCUT2D eigenvalue weighted by molar-refractivity contribution is -0.125. The normalized spacial score (nSPS) is 23.7. The average Bonchev–Trinajstić information content (AvgIpc) is 3.26. The highest BCUT2D eigenvalue weighted by molar-refractivity contribution is 6.03. The predicted molar refractivity (Wildman–Crippen MR) is 101 cm³/mol. The Kier molecular flexibility index (Phi) is 3.34. The van der Waals surface area contributed by atoms with Crippen LogP contribution in [0.1, 0.15) is 62.5 Å². The largest absolute Gasteiger partial charge is 0.454 e. The fourth-order valence-electron chi connectivity index (χ4n) is 5.37. The SMILES string of the molecule is O=C1C(NC2CCCCC2)=C2CCCC3=C2N1Cc1cc2c(cc13)OCO2. The lowest BCUT2D eigenvalue weighted by atomic mass is 9.83. The van der Waals surface area contributed by atoms with Gasteiger partial charge in [-0.05, 0) is 60.9 Å². The van der Waals surface area contributed by atoms with Crippen molar-refractivity contribution in [3.63, 3.8) is 0 Å². The van der Waals surface area contributed by atoms with E-state index in [1.54, 1.807) is 0 Å².